The van der Waals surface area contributed by atoms with Crippen LogP contribution in [-0.2, 0) is 21.4 Å². The number of amides is 1. The number of carbonyl (C=O) groups excluding carboxylic acids is 1. The van der Waals surface area contributed by atoms with E-state index in [4.69, 9.17) is 11.6 Å². The molecule has 10 heteroatoms. The number of carbonyl (C=O) groups is 1. The van der Waals surface area contributed by atoms with E-state index in [9.17, 15) is 13.2 Å². The Morgan fingerprint density at radius 1 is 1.19 bits per heavy atom. The standard InChI is InChI=1S/C22H29ClN4O3S2/c1-16-3-2-10-26(13-16)14-19-15-31-22(24-19)25-21(28)17-8-11-27(12-9-17)32(29,30)20-6-4-18(23)5-7-20/h4-7,15-17H,2-3,8-14H2,1H3,(H,24,25,28). The molecule has 0 aliphatic carbocycles. The number of hydrogen-bond acceptors (Lipinski definition) is 6. The second-order valence-electron chi connectivity index (χ2n) is 8.75. The molecule has 0 saturated carbocycles. The van der Waals surface area contributed by atoms with E-state index < -0.39 is 10.0 Å². The molecular formula is C22H29ClN4O3S2. The maximum Gasteiger partial charge on any atom is 0.243 e. The lowest BCUT2D eigenvalue weighted by atomic mass is 9.97. The van der Waals surface area contributed by atoms with Gasteiger partial charge in [-0.1, -0.05) is 18.5 Å². The summed E-state index contributed by atoms with van der Waals surface area (Å²) in [5.74, 6) is 0.416. The van der Waals surface area contributed by atoms with Gasteiger partial charge in [-0.2, -0.15) is 4.31 Å². The van der Waals surface area contributed by atoms with E-state index in [0.717, 1.165) is 31.2 Å². The Morgan fingerprint density at radius 2 is 1.91 bits per heavy atom. The summed E-state index contributed by atoms with van der Waals surface area (Å²) in [7, 11) is -3.57. The van der Waals surface area contributed by atoms with Crippen LogP contribution >= 0.6 is 22.9 Å². The van der Waals surface area contributed by atoms with Crippen LogP contribution in [0.5, 0.6) is 0 Å². The number of thiazole rings is 1. The fourth-order valence-corrected chi connectivity index (χ4v) is 6.72. The zero-order valence-corrected chi connectivity index (χ0v) is 20.6. The van der Waals surface area contributed by atoms with Gasteiger partial charge in [-0.25, -0.2) is 13.4 Å². The van der Waals surface area contributed by atoms with E-state index in [0.29, 0.717) is 36.1 Å². The molecule has 1 amide bonds. The van der Waals surface area contributed by atoms with Crippen LogP contribution in [0.4, 0.5) is 5.13 Å². The molecule has 3 heterocycles. The average molecular weight is 497 g/mol. The highest BCUT2D eigenvalue weighted by Crippen LogP contribution is 2.27. The van der Waals surface area contributed by atoms with Crippen LogP contribution in [-0.4, -0.2) is 54.7 Å². The molecule has 2 aliphatic heterocycles. The average Bonchev–Trinajstić information content (AvgIpc) is 3.20. The van der Waals surface area contributed by atoms with E-state index in [-0.39, 0.29) is 16.7 Å². The van der Waals surface area contributed by atoms with Gasteiger partial charge in [0.25, 0.3) is 0 Å². The van der Waals surface area contributed by atoms with Gasteiger partial charge < -0.3 is 5.32 Å². The molecule has 1 unspecified atom stereocenters. The van der Waals surface area contributed by atoms with Crippen LogP contribution < -0.4 is 5.32 Å². The molecule has 0 spiro atoms. The third kappa shape index (κ3) is 5.69. The fraction of sp³-hybridized carbons (Fsp3) is 0.545. The van der Waals surface area contributed by atoms with Crippen LogP contribution in [0.15, 0.2) is 34.5 Å². The lowest BCUT2D eigenvalue weighted by Gasteiger charge is -2.30. The Morgan fingerprint density at radius 3 is 2.59 bits per heavy atom. The Balaban J connectivity index is 1.28. The van der Waals surface area contributed by atoms with Crippen molar-refractivity contribution in [1.82, 2.24) is 14.2 Å². The number of sulfonamides is 1. The third-order valence-electron chi connectivity index (χ3n) is 6.18. The van der Waals surface area contributed by atoms with Gasteiger partial charge in [0.15, 0.2) is 5.13 Å². The summed E-state index contributed by atoms with van der Waals surface area (Å²) >= 11 is 7.31. The highest BCUT2D eigenvalue weighted by molar-refractivity contribution is 7.89. The van der Waals surface area contributed by atoms with Crippen molar-refractivity contribution in [3.05, 3.63) is 40.4 Å². The van der Waals surface area contributed by atoms with E-state index in [1.54, 1.807) is 12.1 Å². The summed E-state index contributed by atoms with van der Waals surface area (Å²) in [6.07, 6.45) is 3.49. The molecule has 1 aromatic carbocycles. The first-order chi connectivity index (χ1) is 15.3. The van der Waals surface area contributed by atoms with Crippen LogP contribution in [0.2, 0.25) is 5.02 Å². The topological polar surface area (TPSA) is 82.6 Å². The van der Waals surface area contributed by atoms with E-state index in [2.05, 4.69) is 22.1 Å². The van der Waals surface area contributed by atoms with E-state index >= 15 is 0 Å². The van der Waals surface area contributed by atoms with Crippen molar-refractivity contribution in [2.75, 3.05) is 31.5 Å². The van der Waals surface area contributed by atoms with E-state index in [1.165, 1.54) is 40.6 Å². The first-order valence-corrected chi connectivity index (χ1v) is 13.7. The van der Waals surface area contributed by atoms with Gasteiger partial charge in [-0.15, -0.1) is 11.3 Å². The number of halogens is 1. The van der Waals surface area contributed by atoms with Gasteiger partial charge in [0, 0.05) is 42.5 Å². The maximum atomic E-state index is 12.8. The summed E-state index contributed by atoms with van der Waals surface area (Å²) in [4.78, 5) is 20.0. The number of anilines is 1. The molecule has 0 bridgehead atoms. The molecule has 2 saturated heterocycles. The molecule has 2 aliphatic rings. The van der Waals surface area contributed by atoms with Crippen LogP contribution in [0.3, 0.4) is 0 Å². The van der Waals surface area contributed by atoms with Gasteiger partial charge in [0.05, 0.1) is 10.6 Å². The zero-order valence-electron chi connectivity index (χ0n) is 18.2. The Bertz CT molecular complexity index is 1030. The maximum absolute atomic E-state index is 12.8. The number of benzene rings is 1. The molecule has 2 aromatic rings. The summed E-state index contributed by atoms with van der Waals surface area (Å²) < 4.78 is 27.1. The highest BCUT2D eigenvalue weighted by atomic mass is 35.5. The molecule has 174 valence electrons. The Hall–Kier alpha value is -1.52. The van der Waals surface area contributed by atoms with Crippen molar-refractivity contribution in [3.63, 3.8) is 0 Å². The molecule has 0 radical (unpaired) electrons. The predicted molar refractivity (Wildman–Crippen MR) is 127 cm³/mol. The van der Waals surface area contributed by atoms with Crippen LogP contribution in [0.25, 0.3) is 0 Å². The Labute approximate surface area is 198 Å². The van der Waals surface area contributed by atoms with Crippen molar-refractivity contribution < 1.29 is 13.2 Å². The predicted octanol–water partition coefficient (Wildman–Crippen LogP) is 4.07. The van der Waals surface area contributed by atoms with Gasteiger partial charge in [0.2, 0.25) is 15.9 Å². The third-order valence-corrected chi connectivity index (χ3v) is 9.16. The smallest absolute Gasteiger partial charge is 0.243 e. The summed E-state index contributed by atoms with van der Waals surface area (Å²) in [6, 6.07) is 6.17. The normalized spacial score (nSPS) is 21.5. The van der Waals surface area contributed by atoms with Gasteiger partial charge in [-0.05, 0) is 62.4 Å². The van der Waals surface area contributed by atoms with Crippen molar-refractivity contribution >= 4 is 44.0 Å². The number of rotatable bonds is 6. The largest absolute Gasteiger partial charge is 0.302 e. The fourth-order valence-electron chi connectivity index (χ4n) is 4.42. The van der Waals surface area contributed by atoms with Crippen molar-refractivity contribution in [2.45, 2.75) is 44.0 Å². The molecule has 32 heavy (non-hydrogen) atoms. The first kappa shape index (κ1) is 23.6. The number of hydrogen-bond donors (Lipinski definition) is 1. The second kappa shape index (κ2) is 10.2. The lowest BCUT2D eigenvalue weighted by Crippen LogP contribution is -2.41. The minimum atomic E-state index is -3.57. The minimum Gasteiger partial charge on any atom is -0.302 e. The molecule has 1 N–H and O–H groups in total. The lowest BCUT2D eigenvalue weighted by molar-refractivity contribution is -0.120. The van der Waals surface area contributed by atoms with Crippen molar-refractivity contribution in [2.24, 2.45) is 11.8 Å². The number of nitrogens with one attached hydrogen (secondary N) is 1. The number of piperidine rings is 2. The monoisotopic (exact) mass is 496 g/mol. The zero-order chi connectivity index (χ0) is 22.7. The van der Waals surface area contributed by atoms with Crippen LogP contribution in [0.1, 0.15) is 38.3 Å². The van der Waals surface area contributed by atoms with Gasteiger partial charge in [0.1, 0.15) is 0 Å². The quantitative estimate of drug-likeness (QED) is 0.651. The number of likely N-dealkylation sites (tertiary alicyclic amines) is 1. The minimum absolute atomic E-state index is 0.0824. The Kier molecular flexibility index (Phi) is 7.51. The molecule has 4 rings (SSSR count). The van der Waals surface area contributed by atoms with Crippen molar-refractivity contribution in [3.8, 4) is 0 Å². The first-order valence-electron chi connectivity index (χ1n) is 11.0. The van der Waals surface area contributed by atoms with Crippen molar-refractivity contribution in [1.29, 1.82) is 0 Å². The summed E-state index contributed by atoms with van der Waals surface area (Å²) in [5.41, 5.74) is 0.989. The van der Waals surface area contributed by atoms with E-state index in [1.807, 2.05) is 5.38 Å². The summed E-state index contributed by atoms with van der Waals surface area (Å²) in [5, 5.41) is 6.06. The molecule has 1 atom stereocenters. The van der Waals surface area contributed by atoms with Gasteiger partial charge in [-0.3, -0.25) is 9.69 Å². The number of aromatic nitrogens is 1. The SMILES string of the molecule is CC1CCCN(Cc2csc(NC(=O)C3CCN(S(=O)(=O)c4ccc(Cl)cc4)CC3)n2)C1. The molecule has 2 fully saturated rings. The second-order valence-corrected chi connectivity index (χ2v) is 12.0. The molecule has 7 nitrogen and oxygen atoms in total. The number of nitrogens with zero attached hydrogens (tertiary/aromatic N) is 3. The molecular weight excluding hydrogens is 468 g/mol. The van der Waals surface area contributed by atoms with Crippen LogP contribution in [0, 0.1) is 11.8 Å². The highest BCUT2D eigenvalue weighted by Gasteiger charge is 2.32. The van der Waals surface area contributed by atoms with Gasteiger partial charge >= 0.3 is 0 Å². The molecule has 1 aromatic heterocycles. The summed E-state index contributed by atoms with van der Waals surface area (Å²) in [6.45, 7) is 5.93.